The lowest BCUT2D eigenvalue weighted by Gasteiger charge is -2.38. The number of halogens is 1. The lowest BCUT2D eigenvalue weighted by atomic mass is 9.92. The third kappa shape index (κ3) is 3.83. The van der Waals surface area contributed by atoms with Crippen LogP contribution < -0.4 is 4.74 Å². The zero-order valence-corrected chi connectivity index (χ0v) is 15.2. The van der Waals surface area contributed by atoms with E-state index in [9.17, 15) is 14.3 Å². The maximum Gasteiger partial charge on any atom is 0.274 e. The molecule has 0 spiro atoms. The van der Waals surface area contributed by atoms with Gasteiger partial charge in [0, 0.05) is 17.8 Å². The number of rotatable bonds is 4. The van der Waals surface area contributed by atoms with Crippen LogP contribution in [0, 0.1) is 5.82 Å². The number of β-amino-alcohol motifs (C(OH)–C–C–N with tert-alkyl or cyclic N) is 1. The first kappa shape index (κ1) is 18.0. The normalized spacial score (nSPS) is 22.4. The Morgan fingerprint density at radius 1 is 1.26 bits per heavy atom. The van der Waals surface area contributed by atoms with Crippen molar-refractivity contribution >= 4 is 5.91 Å². The van der Waals surface area contributed by atoms with E-state index in [2.05, 4.69) is 10.2 Å². The molecule has 6 nitrogen and oxygen atoms in total. The average Bonchev–Trinajstić information content (AvgIpc) is 3.11. The predicted molar refractivity (Wildman–Crippen MR) is 97.2 cm³/mol. The zero-order valence-electron chi connectivity index (χ0n) is 15.2. The van der Waals surface area contributed by atoms with Crippen molar-refractivity contribution in [1.82, 2.24) is 15.1 Å². The summed E-state index contributed by atoms with van der Waals surface area (Å²) in [5.41, 5.74) is 1.46. The van der Waals surface area contributed by atoms with E-state index in [1.807, 2.05) is 0 Å². The number of fused-ring (bicyclic) bond motifs is 1. The van der Waals surface area contributed by atoms with Gasteiger partial charge in [0.25, 0.3) is 5.91 Å². The Morgan fingerprint density at radius 3 is 2.85 bits per heavy atom. The zero-order chi connectivity index (χ0) is 18.9. The number of aromatic amines is 1. The van der Waals surface area contributed by atoms with E-state index in [4.69, 9.17) is 4.74 Å². The number of likely N-dealkylation sites (tertiary alicyclic amines) is 1. The maximum atomic E-state index is 13.0. The minimum Gasteiger partial charge on any atom is -0.491 e. The standard InChI is InChI=1S/C20H24FN3O3/c21-14-6-8-15(9-7-14)27-13-20(26)10-3-11-24(12-20)19(25)18-16-4-1-2-5-17(16)22-23-18/h6-9,26H,1-5,10-13H2,(H,22,23). The number of H-pyrrole nitrogens is 1. The molecule has 2 aromatic rings. The number of aryl methyl sites for hydroxylation is 1. The molecule has 1 fully saturated rings. The summed E-state index contributed by atoms with van der Waals surface area (Å²) < 4.78 is 18.6. The van der Waals surface area contributed by atoms with Crippen LogP contribution in [0.2, 0.25) is 0 Å². The monoisotopic (exact) mass is 373 g/mol. The second kappa shape index (κ2) is 7.31. The largest absolute Gasteiger partial charge is 0.491 e. The second-order valence-electron chi connectivity index (χ2n) is 7.53. The van der Waals surface area contributed by atoms with Crippen LogP contribution in [0.15, 0.2) is 24.3 Å². The lowest BCUT2D eigenvalue weighted by molar-refractivity contribution is -0.0533. The van der Waals surface area contributed by atoms with E-state index in [0.717, 1.165) is 36.9 Å². The summed E-state index contributed by atoms with van der Waals surface area (Å²) in [5, 5.41) is 18.2. The van der Waals surface area contributed by atoms with Gasteiger partial charge in [0.15, 0.2) is 5.69 Å². The van der Waals surface area contributed by atoms with Crippen molar-refractivity contribution < 1.29 is 19.0 Å². The van der Waals surface area contributed by atoms with E-state index in [-0.39, 0.29) is 24.9 Å². The van der Waals surface area contributed by atoms with Crippen LogP contribution >= 0.6 is 0 Å². The number of amides is 1. The summed E-state index contributed by atoms with van der Waals surface area (Å²) in [5.74, 6) is 0.0294. The highest BCUT2D eigenvalue weighted by atomic mass is 19.1. The Morgan fingerprint density at radius 2 is 2.04 bits per heavy atom. The Bertz CT molecular complexity index is 820. The highest BCUT2D eigenvalue weighted by molar-refractivity contribution is 5.94. The predicted octanol–water partition coefficient (Wildman–Crippen LogP) is 2.47. The van der Waals surface area contributed by atoms with Gasteiger partial charge < -0.3 is 14.7 Å². The fraction of sp³-hybridized carbons (Fsp3) is 0.500. The molecule has 7 heteroatoms. The first-order chi connectivity index (χ1) is 13.0. The minimum absolute atomic E-state index is 0.0566. The highest BCUT2D eigenvalue weighted by Crippen LogP contribution is 2.27. The number of aromatic nitrogens is 2. The van der Waals surface area contributed by atoms with Crippen molar-refractivity contribution in [3.05, 3.63) is 47.0 Å². The molecule has 1 saturated heterocycles. The fourth-order valence-corrected chi connectivity index (χ4v) is 3.96. The van der Waals surface area contributed by atoms with Crippen molar-refractivity contribution in [2.24, 2.45) is 0 Å². The Kier molecular flexibility index (Phi) is 4.86. The van der Waals surface area contributed by atoms with Crippen molar-refractivity contribution in [3.63, 3.8) is 0 Å². The summed E-state index contributed by atoms with van der Waals surface area (Å²) in [4.78, 5) is 14.7. The number of nitrogens with zero attached hydrogens (tertiary/aromatic N) is 2. The number of hydrogen-bond acceptors (Lipinski definition) is 4. The summed E-state index contributed by atoms with van der Waals surface area (Å²) in [7, 11) is 0. The number of benzene rings is 1. The second-order valence-corrected chi connectivity index (χ2v) is 7.53. The number of piperidine rings is 1. The lowest BCUT2D eigenvalue weighted by Crippen LogP contribution is -2.53. The van der Waals surface area contributed by atoms with Gasteiger partial charge in [-0.15, -0.1) is 0 Å². The van der Waals surface area contributed by atoms with Gasteiger partial charge in [-0.2, -0.15) is 5.10 Å². The van der Waals surface area contributed by atoms with Crippen molar-refractivity contribution in [1.29, 1.82) is 0 Å². The van der Waals surface area contributed by atoms with Crippen molar-refractivity contribution in [2.45, 2.75) is 44.1 Å². The van der Waals surface area contributed by atoms with Gasteiger partial charge in [-0.1, -0.05) is 0 Å². The number of ether oxygens (including phenoxy) is 1. The number of carbonyl (C=O) groups excluding carboxylic acids is 1. The first-order valence-electron chi connectivity index (χ1n) is 9.50. The van der Waals surface area contributed by atoms with Gasteiger partial charge in [0.1, 0.15) is 23.8 Å². The van der Waals surface area contributed by atoms with Crippen molar-refractivity contribution in [3.8, 4) is 5.75 Å². The molecule has 0 bridgehead atoms. The van der Waals surface area contributed by atoms with Crippen LogP contribution in [0.4, 0.5) is 4.39 Å². The summed E-state index contributed by atoms with van der Waals surface area (Å²) in [6.07, 6.45) is 5.25. The first-order valence-corrected chi connectivity index (χ1v) is 9.50. The molecule has 1 aliphatic heterocycles. The number of hydrogen-bond donors (Lipinski definition) is 2. The summed E-state index contributed by atoms with van der Waals surface area (Å²) in [6, 6.07) is 5.69. The van der Waals surface area contributed by atoms with Gasteiger partial charge >= 0.3 is 0 Å². The molecular formula is C20H24FN3O3. The molecule has 4 rings (SSSR count). The smallest absolute Gasteiger partial charge is 0.274 e. The van der Waals surface area contributed by atoms with Crippen LogP contribution in [0.5, 0.6) is 5.75 Å². The van der Waals surface area contributed by atoms with E-state index in [1.165, 1.54) is 24.3 Å². The fourth-order valence-electron chi connectivity index (χ4n) is 3.96. The van der Waals surface area contributed by atoms with Gasteiger partial charge in [0.05, 0.1) is 6.54 Å². The van der Waals surface area contributed by atoms with Crippen molar-refractivity contribution in [2.75, 3.05) is 19.7 Å². The van der Waals surface area contributed by atoms with E-state index in [1.54, 1.807) is 4.90 Å². The topological polar surface area (TPSA) is 78.5 Å². The minimum atomic E-state index is -1.13. The molecule has 2 N–H and O–H groups in total. The van der Waals surface area contributed by atoms with Crippen LogP contribution in [-0.4, -0.2) is 51.4 Å². The molecule has 1 atom stereocenters. The van der Waals surface area contributed by atoms with Gasteiger partial charge in [0.2, 0.25) is 0 Å². The number of aliphatic hydroxyl groups is 1. The molecule has 144 valence electrons. The van der Waals surface area contributed by atoms with E-state index >= 15 is 0 Å². The Balaban J connectivity index is 1.43. The molecule has 2 heterocycles. The maximum absolute atomic E-state index is 13.0. The van der Waals surface area contributed by atoms with Crippen LogP contribution in [0.1, 0.15) is 47.4 Å². The van der Waals surface area contributed by atoms with Crippen LogP contribution in [-0.2, 0) is 12.8 Å². The third-order valence-corrected chi connectivity index (χ3v) is 5.42. The van der Waals surface area contributed by atoms with E-state index < -0.39 is 5.60 Å². The molecule has 1 amide bonds. The van der Waals surface area contributed by atoms with Crippen LogP contribution in [0.3, 0.4) is 0 Å². The number of carbonyl (C=O) groups is 1. The summed E-state index contributed by atoms with van der Waals surface area (Å²) in [6.45, 7) is 0.856. The van der Waals surface area contributed by atoms with Crippen LogP contribution in [0.25, 0.3) is 0 Å². The highest BCUT2D eigenvalue weighted by Gasteiger charge is 2.37. The molecular weight excluding hydrogens is 349 g/mol. The molecule has 1 aliphatic carbocycles. The molecule has 1 aromatic carbocycles. The molecule has 1 aromatic heterocycles. The Labute approximate surface area is 157 Å². The van der Waals surface area contributed by atoms with Gasteiger partial charge in [-0.3, -0.25) is 9.89 Å². The molecule has 0 saturated carbocycles. The Hall–Kier alpha value is -2.41. The summed E-state index contributed by atoms with van der Waals surface area (Å²) >= 11 is 0. The number of nitrogens with one attached hydrogen (secondary N) is 1. The quantitative estimate of drug-likeness (QED) is 0.863. The van der Waals surface area contributed by atoms with E-state index in [0.29, 0.717) is 30.8 Å². The third-order valence-electron chi connectivity index (χ3n) is 5.42. The molecule has 27 heavy (non-hydrogen) atoms. The van der Waals surface area contributed by atoms with Gasteiger partial charge in [-0.05, 0) is 62.8 Å². The SMILES string of the molecule is O=C(c1n[nH]c2c1CCCC2)N1CCCC(O)(COc2ccc(F)cc2)C1. The average molecular weight is 373 g/mol. The molecule has 1 unspecified atom stereocenters. The molecule has 0 radical (unpaired) electrons. The molecule has 2 aliphatic rings. The van der Waals surface area contributed by atoms with Gasteiger partial charge in [-0.25, -0.2) is 4.39 Å².